The Balaban J connectivity index is 1.51. The van der Waals surface area contributed by atoms with Crippen LogP contribution < -0.4 is 5.32 Å². The number of hydrogen-bond donors (Lipinski definition) is 1. The monoisotopic (exact) mass is 429 g/mol. The van der Waals surface area contributed by atoms with E-state index in [4.69, 9.17) is 4.74 Å². The lowest BCUT2D eigenvalue weighted by Crippen LogP contribution is -2.28. The van der Waals surface area contributed by atoms with Crippen LogP contribution in [0.1, 0.15) is 12.8 Å². The fraction of sp³-hybridized carbons (Fsp3) is 0.273. The maximum Gasteiger partial charge on any atom is 0.227 e. The summed E-state index contributed by atoms with van der Waals surface area (Å²) in [5, 5.41) is 6.70. The van der Waals surface area contributed by atoms with Crippen molar-refractivity contribution in [3.05, 3.63) is 60.3 Å². The molecule has 0 spiro atoms. The molecule has 0 atom stereocenters. The molecule has 4 rings (SSSR count). The van der Waals surface area contributed by atoms with Crippen LogP contribution in [0.5, 0.6) is 0 Å². The lowest BCUT2D eigenvalue weighted by Gasteiger charge is -2.21. The van der Waals surface area contributed by atoms with E-state index >= 15 is 0 Å². The Bertz CT molecular complexity index is 1050. The smallest absolute Gasteiger partial charge is 0.227 e. The highest BCUT2D eigenvalue weighted by Crippen LogP contribution is 2.35. The largest absolute Gasteiger partial charge is 0.381 e. The Labute approximate surface area is 177 Å². The highest BCUT2D eigenvalue weighted by Gasteiger charge is 2.23. The molecule has 156 valence electrons. The number of aryl methyl sites for hydroxylation is 1. The first kappa shape index (κ1) is 20.6. The molecule has 1 N–H and O–H groups in total. The van der Waals surface area contributed by atoms with Gasteiger partial charge < -0.3 is 10.1 Å². The highest BCUT2D eigenvalue weighted by molar-refractivity contribution is 7.99. The predicted octanol–water partition coefficient (Wildman–Crippen LogP) is 4.88. The van der Waals surface area contributed by atoms with Crippen LogP contribution in [0.15, 0.2) is 58.5 Å². The van der Waals surface area contributed by atoms with Crippen molar-refractivity contribution in [2.75, 3.05) is 18.5 Å². The number of rotatable bonds is 5. The maximum atomic E-state index is 15.0. The van der Waals surface area contributed by atoms with Gasteiger partial charge in [-0.15, -0.1) is 0 Å². The number of nitrogens with one attached hydrogen (secondary N) is 1. The molecule has 1 amide bonds. The van der Waals surface area contributed by atoms with Crippen molar-refractivity contribution in [2.24, 2.45) is 13.0 Å². The summed E-state index contributed by atoms with van der Waals surface area (Å²) in [7, 11) is 1.86. The van der Waals surface area contributed by atoms with Crippen LogP contribution >= 0.6 is 11.8 Å². The number of carbonyl (C=O) groups excluding carboxylic acids is 1. The van der Waals surface area contributed by atoms with E-state index in [0.717, 1.165) is 40.0 Å². The maximum absolute atomic E-state index is 15.0. The molecule has 1 aliphatic rings. The van der Waals surface area contributed by atoms with E-state index in [1.54, 1.807) is 10.9 Å². The summed E-state index contributed by atoms with van der Waals surface area (Å²) in [6.07, 6.45) is 2.87. The summed E-state index contributed by atoms with van der Waals surface area (Å²) >= 11 is 1.11. The lowest BCUT2D eigenvalue weighted by molar-refractivity contribution is -0.122. The Morgan fingerprint density at radius 3 is 2.57 bits per heavy atom. The first-order valence-corrected chi connectivity index (χ1v) is 10.5. The zero-order valence-corrected chi connectivity index (χ0v) is 17.2. The predicted molar refractivity (Wildman–Crippen MR) is 111 cm³/mol. The summed E-state index contributed by atoms with van der Waals surface area (Å²) < 4.78 is 36.1. The molecule has 30 heavy (non-hydrogen) atoms. The highest BCUT2D eigenvalue weighted by atomic mass is 32.2. The molecule has 2 heterocycles. The molecule has 1 saturated heterocycles. The van der Waals surface area contributed by atoms with E-state index in [-0.39, 0.29) is 22.4 Å². The fourth-order valence-corrected chi connectivity index (χ4v) is 4.30. The van der Waals surface area contributed by atoms with Crippen molar-refractivity contribution in [1.29, 1.82) is 0 Å². The average Bonchev–Trinajstić information content (AvgIpc) is 3.18. The third-order valence-electron chi connectivity index (χ3n) is 5.05. The molecule has 1 fully saturated rings. The standard InChI is InChI=1S/C22H21F2N3O2S/c1-27-19(6-9-25-27)14-2-4-17(5-3-14)30-20-13-16(23)12-18(21(20)24)26-22(28)15-7-10-29-11-8-15/h2-6,9,12-13,15H,7-8,10-11H2,1H3,(H,26,28). The fourth-order valence-electron chi connectivity index (χ4n) is 3.40. The second-order valence-corrected chi connectivity index (χ2v) is 8.22. The van der Waals surface area contributed by atoms with Gasteiger partial charge in [0.1, 0.15) is 5.82 Å². The van der Waals surface area contributed by atoms with Gasteiger partial charge >= 0.3 is 0 Å². The molecule has 0 radical (unpaired) electrons. The number of benzene rings is 2. The van der Waals surface area contributed by atoms with Gasteiger partial charge in [-0.05, 0) is 42.7 Å². The quantitative estimate of drug-likeness (QED) is 0.628. The van der Waals surface area contributed by atoms with Gasteiger partial charge in [0.05, 0.1) is 16.3 Å². The summed E-state index contributed by atoms with van der Waals surface area (Å²) in [5.74, 6) is -1.80. The van der Waals surface area contributed by atoms with Crippen LogP contribution in [-0.4, -0.2) is 28.9 Å². The summed E-state index contributed by atoms with van der Waals surface area (Å²) in [5.41, 5.74) is 1.80. The van der Waals surface area contributed by atoms with Gasteiger partial charge in [-0.3, -0.25) is 9.48 Å². The SMILES string of the molecule is Cn1nccc1-c1ccc(Sc2cc(F)cc(NC(=O)C3CCOCC3)c2F)cc1. The number of halogens is 2. The van der Waals surface area contributed by atoms with Gasteiger partial charge in [0.25, 0.3) is 0 Å². The Morgan fingerprint density at radius 2 is 1.90 bits per heavy atom. The van der Waals surface area contributed by atoms with Gasteiger partial charge in [-0.2, -0.15) is 5.10 Å². The number of carbonyl (C=O) groups is 1. The van der Waals surface area contributed by atoms with E-state index in [9.17, 15) is 13.6 Å². The van der Waals surface area contributed by atoms with Crippen LogP contribution in [0, 0.1) is 17.6 Å². The molecular formula is C22H21F2N3O2S. The van der Waals surface area contributed by atoms with Crippen LogP contribution in [0.2, 0.25) is 0 Å². The normalized spacial score (nSPS) is 14.6. The van der Waals surface area contributed by atoms with Crippen LogP contribution in [-0.2, 0) is 16.6 Å². The molecule has 0 unspecified atom stereocenters. The minimum absolute atomic E-state index is 0.116. The third-order valence-corrected chi connectivity index (χ3v) is 6.08. The molecule has 0 saturated carbocycles. The van der Waals surface area contributed by atoms with Crippen molar-refractivity contribution < 1.29 is 18.3 Å². The lowest BCUT2D eigenvalue weighted by atomic mass is 9.99. The second kappa shape index (κ2) is 8.97. The van der Waals surface area contributed by atoms with Crippen LogP contribution in [0.3, 0.4) is 0 Å². The minimum atomic E-state index is -0.641. The average molecular weight is 429 g/mol. The van der Waals surface area contributed by atoms with Gasteiger partial charge in [-0.1, -0.05) is 23.9 Å². The molecule has 0 bridgehead atoms. The van der Waals surface area contributed by atoms with E-state index in [1.165, 1.54) is 0 Å². The number of ether oxygens (including phenoxy) is 1. The second-order valence-electron chi connectivity index (χ2n) is 7.11. The van der Waals surface area contributed by atoms with Crippen molar-refractivity contribution in [1.82, 2.24) is 9.78 Å². The van der Waals surface area contributed by atoms with Crippen molar-refractivity contribution >= 4 is 23.4 Å². The molecule has 0 aliphatic carbocycles. The van der Waals surface area contributed by atoms with Crippen LogP contribution in [0.25, 0.3) is 11.3 Å². The summed E-state index contributed by atoms with van der Waals surface area (Å²) in [4.78, 5) is 13.3. The molecule has 5 nitrogen and oxygen atoms in total. The Hall–Kier alpha value is -2.71. The van der Waals surface area contributed by atoms with Gasteiger partial charge in [0, 0.05) is 43.3 Å². The van der Waals surface area contributed by atoms with Crippen molar-refractivity contribution in [2.45, 2.75) is 22.6 Å². The molecule has 2 aromatic carbocycles. The number of aromatic nitrogens is 2. The van der Waals surface area contributed by atoms with E-state index in [0.29, 0.717) is 26.1 Å². The summed E-state index contributed by atoms with van der Waals surface area (Å²) in [6.45, 7) is 0.999. The zero-order chi connectivity index (χ0) is 21.1. The Kier molecular flexibility index (Phi) is 6.15. The van der Waals surface area contributed by atoms with E-state index in [1.807, 2.05) is 37.4 Å². The van der Waals surface area contributed by atoms with E-state index < -0.39 is 11.6 Å². The minimum Gasteiger partial charge on any atom is -0.381 e. The Morgan fingerprint density at radius 1 is 1.17 bits per heavy atom. The van der Waals surface area contributed by atoms with Gasteiger partial charge in [-0.25, -0.2) is 8.78 Å². The number of nitrogens with zero attached hydrogens (tertiary/aromatic N) is 2. The summed E-state index contributed by atoms with van der Waals surface area (Å²) in [6, 6.07) is 11.6. The molecular weight excluding hydrogens is 408 g/mol. The number of anilines is 1. The van der Waals surface area contributed by atoms with Crippen molar-refractivity contribution in [3.8, 4) is 11.3 Å². The molecule has 1 aliphatic heterocycles. The molecule has 3 aromatic rings. The molecule has 8 heteroatoms. The molecule has 1 aromatic heterocycles. The number of hydrogen-bond acceptors (Lipinski definition) is 4. The van der Waals surface area contributed by atoms with Crippen molar-refractivity contribution in [3.63, 3.8) is 0 Å². The first-order valence-electron chi connectivity index (χ1n) is 9.65. The van der Waals surface area contributed by atoms with Gasteiger partial charge in [0.15, 0.2) is 5.82 Å². The topological polar surface area (TPSA) is 56.2 Å². The zero-order valence-electron chi connectivity index (χ0n) is 16.4. The first-order chi connectivity index (χ1) is 14.5. The third kappa shape index (κ3) is 4.55. The van der Waals surface area contributed by atoms with Crippen LogP contribution in [0.4, 0.5) is 14.5 Å². The van der Waals surface area contributed by atoms with Gasteiger partial charge in [0.2, 0.25) is 5.91 Å². The van der Waals surface area contributed by atoms with E-state index in [2.05, 4.69) is 10.4 Å². The number of amides is 1.